The predicted molar refractivity (Wildman–Crippen MR) is 64.8 cm³/mol. The van der Waals surface area contributed by atoms with E-state index in [4.69, 9.17) is 16.3 Å². The molecule has 2 aromatic rings. The number of rotatable bonds is 4. The molecular formula is C11H11ClN2OS. The molecule has 0 bridgehead atoms. The summed E-state index contributed by atoms with van der Waals surface area (Å²) in [5, 5.41) is 2.52. The van der Waals surface area contributed by atoms with E-state index < -0.39 is 0 Å². The number of pyridine rings is 1. The minimum atomic E-state index is -0.0214. The lowest BCUT2D eigenvalue weighted by atomic mass is 10.1. The quantitative estimate of drug-likeness (QED) is 0.787. The van der Waals surface area contributed by atoms with Gasteiger partial charge < -0.3 is 4.74 Å². The molecule has 2 rings (SSSR count). The molecule has 84 valence electrons. The number of thiazole rings is 1. The van der Waals surface area contributed by atoms with Crippen molar-refractivity contribution >= 4 is 22.9 Å². The molecule has 0 aliphatic rings. The first kappa shape index (κ1) is 11.5. The van der Waals surface area contributed by atoms with E-state index in [1.54, 1.807) is 30.7 Å². The van der Waals surface area contributed by atoms with Crippen LogP contribution in [0.25, 0.3) is 0 Å². The fourth-order valence-electron chi connectivity index (χ4n) is 1.44. The lowest BCUT2D eigenvalue weighted by Crippen LogP contribution is -2.05. The molecule has 0 aliphatic carbocycles. The fraction of sp³-hybridized carbons (Fsp3) is 0.273. The molecule has 0 amide bonds. The summed E-state index contributed by atoms with van der Waals surface area (Å²) in [6.07, 6.45) is 2.47. The smallest absolute Gasteiger partial charge is 0.129 e. The third-order valence-corrected chi connectivity index (χ3v) is 3.14. The Morgan fingerprint density at radius 2 is 2.31 bits per heavy atom. The molecule has 0 saturated heterocycles. The van der Waals surface area contributed by atoms with Crippen LogP contribution < -0.4 is 0 Å². The van der Waals surface area contributed by atoms with Gasteiger partial charge in [-0.3, -0.25) is 0 Å². The molecule has 0 aliphatic heterocycles. The Balaban J connectivity index is 2.13. The van der Waals surface area contributed by atoms with Crippen molar-refractivity contribution in [3.8, 4) is 0 Å². The Bertz CT molecular complexity index is 430. The monoisotopic (exact) mass is 254 g/mol. The summed E-state index contributed by atoms with van der Waals surface area (Å²) in [7, 11) is 1.69. The van der Waals surface area contributed by atoms with Crippen molar-refractivity contribution in [2.24, 2.45) is 0 Å². The highest BCUT2D eigenvalue weighted by molar-refractivity contribution is 7.07. The van der Waals surface area contributed by atoms with E-state index in [1.165, 1.54) is 0 Å². The second-order valence-corrected chi connectivity index (χ2v) is 4.43. The summed E-state index contributed by atoms with van der Waals surface area (Å²) in [6, 6.07) is 3.69. The van der Waals surface area contributed by atoms with Crippen LogP contribution in [0.2, 0.25) is 5.15 Å². The number of aromatic nitrogens is 2. The zero-order valence-corrected chi connectivity index (χ0v) is 10.3. The molecule has 0 radical (unpaired) electrons. The normalized spacial score (nSPS) is 12.6. The summed E-state index contributed by atoms with van der Waals surface area (Å²) < 4.78 is 5.43. The van der Waals surface area contributed by atoms with Gasteiger partial charge in [-0.2, -0.15) is 0 Å². The number of hydrogen-bond acceptors (Lipinski definition) is 4. The summed E-state index contributed by atoms with van der Waals surface area (Å²) in [4.78, 5) is 8.28. The Morgan fingerprint density at radius 3 is 2.88 bits per heavy atom. The number of methoxy groups -OCH3 is 1. The molecular weight excluding hydrogens is 244 g/mol. The molecule has 3 nitrogen and oxygen atoms in total. The third kappa shape index (κ3) is 2.78. The van der Waals surface area contributed by atoms with Gasteiger partial charge in [-0.1, -0.05) is 17.7 Å². The number of hydrogen-bond donors (Lipinski definition) is 0. The van der Waals surface area contributed by atoms with Gasteiger partial charge in [-0.25, -0.2) is 9.97 Å². The Hall–Kier alpha value is -0.970. The molecule has 0 fully saturated rings. The first-order valence-corrected chi connectivity index (χ1v) is 6.13. The van der Waals surface area contributed by atoms with Crippen LogP contribution in [0.4, 0.5) is 0 Å². The second kappa shape index (κ2) is 5.39. The van der Waals surface area contributed by atoms with Crippen molar-refractivity contribution in [3.05, 3.63) is 45.6 Å². The number of halogens is 1. The highest BCUT2D eigenvalue weighted by Crippen LogP contribution is 2.21. The van der Waals surface area contributed by atoms with Crippen LogP contribution in [0.3, 0.4) is 0 Å². The molecule has 0 N–H and O–H groups in total. The van der Waals surface area contributed by atoms with Crippen LogP contribution in [-0.4, -0.2) is 17.1 Å². The van der Waals surface area contributed by atoms with E-state index in [0.717, 1.165) is 17.7 Å². The van der Waals surface area contributed by atoms with E-state index in [1.807, 2.05) is 17.0 Å². The number of ether oxygens (including phenoxy) is 1. The summed E-state index contributed by atoms with van der Waals surface area (Å²) in [5.74, 6) is 0. The molecule has 2 heterocycles. The summed E-state index contributed by atoms with van der Waals surface area (Å²) in [6.45, 7) is 0. The minimum absolute atomic E-state index is 0.0214. The van der Waals surface area contributed by atoms with Crippen LogP contribution in [0.1, 0.15) is 17.4 Å². The molecule has 0 aromatic carbocycles. The van der Waals surface area contributed by atoms with Gasteiger partial charge in [0.1, 0.15) is 5.15 Å². The zero-order valence-electron chi connectivity index (χ0n) is 8.76. The number of nitrogens with zero attached hydrogens (tertiary/aromatic N) is 2. The minimum Gasteiger partial charge on any atom is -0.376 e. The highest BCUT2D eigenvalue weighted by atomic mass is 35.5. The second-order valence-electron chi connectivity index (χ2n) is 3.32. The third-order valence-electron chi connectivity index (χ3n) is 2.28. The van der Waals surface area contributed by atoms with Gasteiger partial charge in [-0.15, -0.1) is 11.3 Å². The predicted octanol–water partition coefficient (Wildman–Crippen LogP) is 3.12. The van der Waals surface area contributed by atoms with Gasteiger partial charge >= 0.3 is 0 Å². The Kier molecular flexibility index (Phi) is 3.88. The van der Waals surface area contributed by atoms with Gasteiger partial charge in [0, 0.05) is 25.1 Å². The van der Waals surface area contributed by atoms with Gasteiger partial charge in [0.2, 0.25) is 0 Å². The molecule has 1 unspecified atom stereocenters. The molecule has 1 atom stereocenters. The average molecular weight is 255 g/mol. The van der Waals surface area contributed by atoms with Gasteiger partial charge in [0.05, 0.1) is 17.3 Å². The molecule has 0 spiro atoms. The van der Waals surface area contributed by atoms with Crippen molar-refractivity contribution in [1.82, 2.24) is 9.97 Å². The summed E-state index contributed by atoms with van der Waals surface area (Å²) in [5.41, 5.74) is 3.87. The largest absolute Gasteiger partial charge is 0.376 e. The van der Waals surface area contributed by atoms with Crippen molar-refractivity contribution in [1.29, 1.82) is 0 Å². The van der Waals surface area contributed by atoms with Crippen LogP contribution in [0.15, 0.2) is 29.2 Å². The van der Waals surface area contributed by atoms with Crippen LogP contribution in [0, 0.1) is 0 Å². The maximum atomic E-state index is 5.74. The summed E-state index contributed by atoms with van der Waals surface area (Å²) >= 11 is 7.33. The molecule has 16 heavy (non-hydrogen) atoms. The first-order chi connectivity index (χ1) is 7.79. The molecule has 2 aromatic heterocycles. The van der Waals surface area contributed by atoms with Gasteiger partial charge in [0.25, 0.3) is 0 Å². The average Bonchev–Trinajstić information content (AvgIpc) is 2.80. The van der Waals surface area contributed by atoms with Gasteiger partial charge in [-0.05, 0) is 11.6 Å². The van der Waals surface area contributed by atoms with E-state index in [9.17, 15) is 0 Å². The van der Waals surface area contributed by atoms with Crippen molar-refractivity contribution in [2.45, 2.75) is 12.5 Å². The van der Waals surface area contributed by atoms with Gasteiger partial charge in [0.15, 0.2) is 0 Å². The van der Waals surface area contributed by atoms with Crippen LogP contribution >= 0.6 is 22.9 Å². The van der Waals surface area contributed by atoms with Crippen molar-refractivity contribution in [3.63, 3.8) is 0 Å². The lowest BCUT2D eigenvalue weighted by Gasteiger charge is -2.13. The van der Waals surface area contributed by atoms with E-state index >= 15 is 0 Å². The van der Waals surface area contributed by atoms with E-state index in [-0.39, 0.29) is 6.10 Å². The topological polar surface area (TPSA) is 35.0 Å². The molecule has 0 saturated carbocycles. The van der Waals surface area contributed by atoms with Crippen molar-refractivity contribution in [2.75, 3.05) is 7.11 Å². The Morgan fingerprint density at radius 1 is 1.44 bits per heavy atom. The van der Waals surface area contributed by atoms with E-state index in [0.29, 0.717) is 5.15 Å². The highest BCUT2D eigenvalue weighted by Gasteiger charge is 2.12. The van der Waals surface area contributed by atoms with Crippen molar-refractivity contribution < 1.29 is 4.74 Å². The Labute approximate surface area is 103 Å². The fourth-order valence-corrected chi connectivity index (χ4v) is 2.13. The van der Waals surface area contributed by atoms with Crippen LogP contribution in [0.5, 0.6) is 0 Å². The standard InChI is InChI=1S/C11H11ClN2OS/c1-15-10(4-9-6-16-7-14-9)8-2-3-11(12)13-5-8/h2-3,5-7,10H,4H2,1H3. The SMILES string of the molecule is COC(Cc1cscn1)c1ccc(Cl)nc1. The first-order valence-electron chi connectivity index (χ1n) is 4.81. The maximum Gasteiger partial charge on any atom is 0.129 e. The van der Waals surface area contributed by atoms with Crippen LogP contribution in [-0.2, 0) is 11.2 Å². The molecule has 5 heteroatoms. The zero-order chi connectivity index (χ0) is 11.4. The lowest BCUT2D eigenvalue weighted by molar-refractivity contribution is 0.103. The maximum absolute atomic E-state index is 5.74. The van der Waals surface area contributed by atoms with E-state index in [2.05, 4.69) is 9.97 Å².